The molecular weight excluding hydrogens is 420 g/mol. The summed E-state index contributed by atoms with van der Waals surface area (Å²) < 4.78 is 19.5. The van der Waals surface area contributed by atoms with Crippen LogP contribution in [0.15, 0.2) is 24.7 Å². The van der Waals surface area contributed by atoms with Gasteiger partial charge in [0, 0.05) is 31.8 Å². The molecule has 0 unspecified atom stereocenters. The molecule has 0 spiro atoms. The van der Waals surface area contributed by atoms with Crippen molar-refractivity contribution in [3.63, 3.8) is 0 Å². The minimum absolute atomic E-state index is 0.203. The zero-order valence-electron chi connectivity index (χ0n) is 17.8. The molecule has 0 saturated heterocycles. The molecule has 0 amide bonds. The van der Waals surface area contributed by atoms with Crippen LogP contribution in [0.2, 0.25) is 30.8 Å². The molecule has 4 rings (SSSR count). The van der Waals surface area contributed by atoms with Gasteiger partial charge in [0.1, 0.15) is 35.5 Å². The third-order valence-electron chi connectivity index (χ3n) is 4.96. The van der Waals surface area contributed by atoms with Crippen molar-refractivity contribution in [2.45, 2.75) is 51.4 Å². The maximum absolute atomic E-state index is 6.20. The fraction of sp³-hybridized carbons (Fsp3) is 0.476. The van der Waals surface area contributed by atoms with Crippen LogP contribution in [0.3, 0.4) is 0 Å². The Morgan fingerprint density at radius 2 is 1.93 bits per heavy atom. The number of nitrogens with zero attached hydrogens (tertiary/aromatic N) is 4. The Morgan fingerprint density at radius 1 is 1.17 bits per heavy atom. The topological polar surface area (TPSA) is 71.3 Å². The number of pyridine rings is 1. The summed E-state index contributed by atoms with van der Waals surface area (Å²) >= 11 is 6.20. The zero-order valence-corrected chi connectivity index (χ0v) is 19.6. The molecule has 3 aromatic rings. The van der Waals surface area contributed by atoms with Gasteiger partial charge in [-0.15, -0.1) is 0 Å². The van der Waals surface area contributed by atoms with E-state index in [4.69, 9.17) is 25.8 Å². The van der Waals surface area contributed by atoms with E-state index in [1.165, 1.54) is 6.33 Å². The number of methoxy groups -OCH3 is 1. The van der Waals surface area contributed by atoms with Gasteiger partial charge in [-0.3, -0.25) is 0 Å². The molecule has 1 saturated carbocycles. The Bertz CT molecular complexity index is 1050. The molecule has 1 aliphatic carbocycles. The minimum Gasteiger partial charge on any atom is -0.480 e. The van der Waals surface area contributed by atoms with Gasteiger partial charge >= 0.3 is 0 Å². The molecule has 0 aromatic carbocycles. The van der Waals surface area contributed by atoms with E-state index in [0.717, 1.165) is 47.7 Å². The lowest BCUT2D eigenvalue weighted by Crippen LogP contribution is -2.22. The minimum atomic E-state index is -1.16. The van der Waals surface area contributed by atoms with Crippen LogP contribution in [0.1, 0.15) is 12.8 Å². The second-order valence-electron chi connectivity index (χ2n) is 8.75. The second kappa shape index (κ2) is 8.53. The summed E-state index contributed by atoms with van der Waals surface area (Å²) in [4.78, 5) is 13.2. The summed E-state index contributed by atoms with van der Waals surface area (Å²) in [5.74, 6) is 0.993. The molecule has 3 heterocycles. The van der Waals surface area contributed by atoms with Gasteiger partial charge in [-0.25, -0.2) is 15.0 Å². The number of ether oxygens (including phenoxy) is 3. The van der Waals surface area contributed by atoms with Gasteiger partial charge in [0.05, 0.1) is 7.11 Å². The first-order valence-corrected chi connectivity index (χ1v) is 14.2. The number of halogens is 1. The average molecular weight is 447 g/mol. The molecule has 0 bridgehead atoms. The number of rotatable bonds is 9. The first-order valence-electron chi connectivity index (χ1n) is 10.1. The standard InChI is InChI=1S/C21H27ClN4O3Si/c1-27-20-18(21(24-12-23-20)29-14-5-6-14)16-11-26(13-28-9-10-30(2,3)4)19-15(16)7-8-17(22)25-19/h7-8,11-12,14H,5-6,9-10,13H2,1-4H3. The summed E-state index contributed by atoms with van der Waals surface area (Å²) in [7, 11) is 0.442. The Hall–Kier alpha value is -2.16. The highest BCUT2D eigenvalue weighted by atomic mass is 35.5. The van der Waals surface area contributed by atoms with Crippen molar-refractivity contribution < 1.29 is 14.2 Å². The van der Waals surface area contributed by atoms with Crippen LogP contribution >= 0.6 is 11.6 Å². The van der Waals surface area contributed by atoms with E-state index in [1.54, 1.807) is 13.2 Å². The van der Waals surface area contributed by atoms with Gasteiger partial charge < -0.3 is 18.8 Å². The summed E-state index contributed by atoms with van der Waals surface area (Å²) in [6, 6.07) is 4.83. The van der Waals surface area contributed by atoms with Crippen molar-refractivity contribution in [2.75, 3.05) is 13.7 Å². The number of hydrogen-bond donors (Lipinski definition) is 0. The maximum atomic E-state index is 6.20. The lowest BCUT2D eigenvalue weighted by Gasteiger charge is -2.15. The van der Waals surface area contributed by atoms with Crippen molar-refractivity contribution in [3.05, 3.63) is 29.8 Å². The average Bonchev–Trinajstić information content (AvgIpc) is 3.44. The predicted molar refractivity (Wildman–Crippen MR) is 120 cm³/mol. The van der Waals surface area contributed by atoms with Crippen LogP contribution in [0, 0.1) is 0 Å². The first kappa shape index (κ1) is 21.1. The van der Waals surface area contributed by atoms with Gasteiger partial charge in [-0.05, 0) is 31.0 Å². The van der Waals surface area contributed by atoms with Crippen LogP contribution in [0.25, 0.3) is 22.2 Å². The smallest absolute Gasteiger partial charge is 0.228 e. The van der Waals surface area contributed by atoms with Crippen LogP contribution < -0.4 is 9.47 Å². The summed E-state index contributed by atoms with van der Waals surface area (Å²) in [6.45, 7) is 8.13. The van der Waals surface area contributed by atoms with Gasteiger partial charge in [0.15, 0.2) is 0 Å². The Balaban J connectivity index is 1.73. The maximum Gasteiger partial charge on any atom is 0.228 e. The van der Waals surface area contributed by atoms with Gasteiger partial charge in [0.2, 0.25) is 11.8 Å². The molecule has 30 heavy (non-hydrogen) atoms. The third-order valence-corrected chi connectivity index (χ3v) is 6.87. The first-order chi connectivity index (χ1) is 14.4. The lowest BCUT2D eigenvalue weighted by atomic mass is 10.1. The van der Waals surface area contributed by atoms with Gasteiger partial charge in [-0.2, -0.15) is 0 Å². The molecule has 160 valence electrons. The normalized spacial score (nSPS) is 14.3. The van der Waals surface area contributed by atoms with Crippen molar-refractivity contribution in [1.82, 2.24) is 19.5 Å². The molecular formula is C21H27ClN4O3Si. The number of fused-ring (bicyclic) bond motifs is 1. The highest BCUT2D eigenvalue weighted by molar-refractivity contribution is 6.76. The molecule has 1 fully saturated rings. The Morgan fingerprint density at radius 3 is 2.63 bits per heavy atom. The SMILES string of the molecule is COc1ncnc(OC2CC2)c1-c1cn(COCC[Si](C)(C)C)c2nc(Cl)ccc12. The molecule has 1 aliphatic rings. The van der Waals surface area contributed by atoms with E-state index >= 15 is 0 Å². The fourth-order valence-corrected chi connectivity index (χ4v) is 4.05. The van der Waals surface area contributed by atoms with Crippen LogP contribution in [0.5, 0.6) is 11.8 Å². The van der Waals surface area contributed by atoms with Crippen LogP contribution in [0.4, 0.5) is 0 Å². The third kappa shape index (κ3) is 4.76. The monoisotopic (exact) mass is 446 g/mol. The zero-order chi connectivity index (χ0) is 21.3. The molecule has 0 atom stereocenters. The van der Waals surface area contributed by atoms with Crippen molar-refractivity contribution in [2.24, 2.45) is 0 Å². The molecule has 7 nitrogen and oxygen atoms in total. The second-order valence-corrected chi connectivity index (χ2v) is 14.8. The van der Waals surface area contributed by atoms with E-state index in [9.17, 15) is 0 Å². The van der Waals surface area contributed by atoms with Gasteiger partial charge in [0.25, 0.3) is 0 Å². The summed E-state index contributed by atoms with van der Waals surface area (Å²) in [5.41, 5.74) is 2.35. The van der Waals surface area contributed by atoms with Crippen molar-refractivity contribution >= 4 is 30.7 Å². The Kier molecular flexibility index (Phi) is 5.99. The van der Waals surface area contributed by atoms with Crippen LogP contribution in [-0.2, 0) is 11.5 Å². The highest BCUT2D eigenvalue weighted by Crippen LogP contribution is 2.42. The summed E-state index contributed by atoms with van der Waals surface area (Å²) in [5, 5.41) is 1.35. The van der Waals surface area contributed by atoms with E-state index in [2.05, 4.69) is 34.6 Å². The number of aromatic nitrogens is 4. The van der Waals surface area contributed by atoms with Gasteiger partial charge in [-0.1, -0.05) is 31.2 Å². The molecule has 0 N–H and O–H groups in total. The largest absolute Gasteiger partial charge is 0.480 e. The van der Waals surface area contributed by atoms with Crippen molar-refractivity contribution in [3.8, 4) is 22.9 Å². The Labute approximate surface area is 182 Å². The van der Waals surface area contributed by atoms with E-state index in [-0.39, 0.29) is 6.10 Å². The lowest BCUT2D eigenvalue weighted by molar-refractivity contribution is 0.0899. The quantitative estimate of drug-likeness (QED) is 0.261. The fourth-order valence-electron chi connectivity index (χ4n) is 3.15. The van der Waals surface area contributed by atoms with E-state index < -0.39 is 8.07 Å². The van der Waals surface area contributed by atoms with Crippen LogP contribution in [-0.4, -0.2) is 47.4 Å². The number of hydrogen-bond acceptors (Lipinski definition) is 6. The molecule has 9 heteroatoms. The molecule has 0 aliphatic heterocycles. The summed E-state index contributed by atoms with van der Waals surface area (Å²) in [6.07, 6.45) is 5.73. The van der Waals surface area contributed by atoms with Crippen molar-refractivity contribution in [1.29, 1.82) is 0 Å². The predicted octanol–water partition coefficient (Wildman–Crippen LogP) is 5.01. The van der Waals surface area contributed by atoms with E-state index in [0.29, 0.717) is 23.6 Å². The molecule has 0 radical (unpaired) electrons. The molecule has 3 aromatic heterocycles. The van der Waals surface area contributed by atoms with E-state index in [1.807, 2.05) is 16.8 Å². The highest BCUT2D eigenvalue weighted by Gasteiger charge is 2.28.